The van der Waals surface area contributed by atoms with Crippen LogP contribution in [-0.2, 0) is 14.6 Å². The van der Waals surface area contributed by atoms with Gasteiger partial charge in [0.05, 0.1) is 16.7 Å². The second-order valence-corrected chi connectivity index (χ2v) is 7.81. The van der Waals surface area contributed by atoms with Gasteiger partial charge in [-0.25, -0.2) is 13.4 Å². The average molecular weight is 288 g/mol. The van der Waals surface area contributed by atoms with Crippen LogP contribution in [0, 0.1) is 6.92 Å². The van der Waals surface area contributed by atoms with Crippen molar-refractivity contribution in [2.75, 3.05) is 18.6 Å². The molecule has 1 aliphatic rings. The van der Waals surface area contributed by atoms with E-state index in [1.807, 2.05) is 12.3 Å². The number of amides is 1. The number of carbonyl (C=O) groups excluding carboxylic acids is 1. The number of carbonyl (C=O) groups is 1. The smallest absolute Gasteiger partial charge is 0.238 e. The van der Waals surface area contributed by atoms with E-state index in [2.05, 4.69) is 4.98 Å². The Balaban J connectivity index is 2.15. The van der Waals surface area contributed by atoms with Gasteiger partial charge in [0.25, 0.3) is 0 Å². The van der Waals surface area contributed by atoms with Gasteiger partial charge in [0, 0.05) is 18.2 Å². The van der Waals surface area contributed by atoms with E-state index in [0.29, 0.717) is 6.54 Å². The number of aryl methyl sites for hydroxylation is 1. The first-order chi connectivity index (χ1) is 8.37. The molecule has 1 fully saturated rings. The predicted octanol–water partition coefficient (Wildman–Crippen LogP) is 1.16. The highest BCUT2D eigenvalue weighted by Crippen LogP contribution is 2.32. The molecule has 18 heavy (non-hydrogen) atoms. The van der Waals surface area contributed by atoms with Crippen molar-refractivity contribution in [3.05, 3.63) is 16.1 Å². The minimum Gasteiger partial charge on any atom is -0.333 e. The zero-order valence-electron chi connectivity index (χ0n) is 10.4. The number of hydrogen-bond acceptors (Lipinski definition) is 5. The molecule has 1 aromatic rings. The molecule has 1 aromatic heterocycles. The molecule has 0 spiro atoms. The maximum Gasteiger partial charge on any atom is 0.238 e. The van der Waals surface area contributed by atoms with Gasteiger partial charge in [-0.2, -0.15) is 0 Å². The van der Waals surface area contributed by atoms with Crippen molar-refractivity contribution < 1.29 is 13.2 Å². The van der Waals surface area contributed by atoms with Crippen LogP contribution in [-0.4, -0.2) is 42.8 Å². The van der Waals surface area contributed by atoms with Gasteiger partial charge in [0.15, 0.2) is 9.84 Å². The highest BCUT2D eigenvalue weighted by Gasteiger charge is 2.32. The molecule has 0 unspecified atom stereocenters. The number of hydrogen-bond donors (Lipinski definition) is 0. The summed E-state index contributed by atoms with van der Waals surface area (Å²) in [5.74, 6) is -0.724. The molecular weight excluding hydrogens is 272 g/mol. The molecule has 0 bridgehead atoms. The van der Waals surface area contributed by atoms with Crippen LogP contribution in [0.5, 0.6) is 0 Å². The van der Waals surface area contributed by atoms with Crippen LogP contribution in [0.2, 0.25) is 0 Å². The van der Waals surface area contributed by atoms with Crippen LogP contribution < -0.4 is 0 Å². The summed E-state index contributed by atoms with van der Waals surface area (Å²) >= 11 is 1.55. The molecule has 0 radical (unpaired) electrons. The Hall–Kier alpha value is -0.950. The highest BCUT2D eigenvalue weighted by molar-refractivity contribution is 7.91. The van der Waals surface area contributed by atoms with Crippen molar-refractivity contribution in [1.29, 1.82) is 0 Å². The van der Waals surface area contributed by atoms with Crippen LogP contribution in [0.25, 0.3) is 0 Å². The fourth-order valence-corrected chi connectivity index (χ4v) is 3.49. The molecule has 2 rings (SSSR count). The monoisotopic (exact) mass is 288 g/mol. The second kappa shape index (κ2) is 4.97. The molecule has 0 aromatic carbocycles. The summed E-state index contributed by atoms with van der Waals surface area (Å²) in [6.45, 7) is 2.54. The van der Waals surface area contributed by atoms with Gasteiger partial charge < -0.3 is 4.90 Å². The van der Waals surface area contributed by atoms with Crippen molar-refractivity contribution in [3.8, 4) is 0 Å². The zero-order chi connectivity index (χ0) is 13.3. The fraction of sp³-hybridized carbons (Fsp3) is 0.636. The van der Waals surface area contributed by atoms with Gasteiger partial charge in [-0.05, 0) is 19.8 Å². The van der Waals surface area contributed by atoms with Crippen molar-refractivity contribution in [2.45, 2.75) is 25.8 Å². The maximum atomic E-state index is 12.0. The molecule has 5 nitrogen and oxygen atoms in total. The van der Waals surface area contributed by atoms with E-state index in [0.717, 1.165) is 29.8 Å². The quantitative estimate of drug-likeness (QED) is 0.837. The summed E-state index contributed by atoms with van der Waals surface area (Å²) in [4.78, 5) is 18.0. The molecule has 7 heteroatoms. The minimum absolute atomic E-state index is 0.0517. The lowest BCUT2D eigenvalue weighted by Gasteiger charge is -2.23. The van der Waals surface area contributed by atoms with Gasteiger partial charge >= 0.3 is 0 Å². The lowest BCUT2D eigenvalue weighted by molar-refractivity contribution is -0.129. The van der Waals surface area contributed by atoms with E-state index in [9.17, 15) is 13.2 Å². The summed E-state index contributed by atoms with van der Waals surface area (Å²) in [5, 5.41) is 2.92. The van der Waals surface area contributed by atoms with Gasteiger partial charge in [-0.1, -0.05) is 0 Å². The Kier molecular flexibility index (Phi) is 3.72. The summed E-state index contributed by atoms with van der Waals surface area (Å²) in [6.07, 6.45) is 2.85. The number of rotatable bonds is 3. The lowest BCUT2D eigenvalue weighted by atomic mass is 10.2. The minimum atomic E-state index is -3.27. The van der Waals surface area contributed by atoms with E-state index in [-0.39, 0.29) is 11.9 Å². The number of aromatic nitrogens is 1. The molecule has 0 N–H and O–H groups in total. The van der Waals surface area contributed by atoms with Gasteiger partial charge in [0.1, 0.15) is 5.75 Å². The van der Waals surface area contributed by atoms with E-state index in [1.165, 1.54) is 0 Å². The second-order valence-electron chi connectivity index (χ2n) is 4.61. The van der Waals surface area contributed by atoms with Crippen LogP contribution in [0.4, 0.5) is 0 Å². The first-order valence-electron chi connectivity index (χ1n) is 5.76. The van der Waals surface area contributed by atoms with Crippen molar-refractivity contribution in [3.63, 3.8) is 0 Å². The summed E-state index contributed by atoms with van der Waals surface area (Å²) in [5.41, 5.74) is 0.886. The predicted molar refractivity (Wildman–Crippen MR) is 70.2 cm³/mol. The van der Waals surface area contributed by atoms with Crippen LogP contribution >= 0.6 is 11.3 Å². The molecule has 0 saturated carbocycles. The first-order valence-corrected chi connectivity index (χ1v) is 8.70. The Morgan fingerprint density at radius 3 is 2.89 bits per heavy atom. The van der Waals surface area contributed by atoms with Gasteiger partial charge in [-0.15, -0.1) is 11.3 Å². The molecule has 100 valence electrons. The normalized spacial score (nSPS) is 20.3. The van der Waals surface area contributed by atoms with E-state index < -0.39 is 15.6 Å². The van der Waals surface area contributed by atoms with Gasteiger partial charge in [0.2, 0.25) is 5.91 Å². The molecule has 1 atom stereocenters. The van der Waals surface area contributed by atoms with Crippen molar-refractivity contribution in [1.82, 2.24) is 9.88 Å². The Labute approximate surface area is 111 Å². The van der Waals surface area contributed by atoms with E-state index in [4.69, 9.17) is 0 Å². The third-order valence-corrected chi connectivity index (χ3v) is 4.50. The number of likely N-dealkylation sites (tertiary alicyclic amines) is 1. The number of thiazole rings is 1. The summed E-state index contributed by atoms with van der Waals surface area (Å²) in [7, 11) is -3.27. The van der Waals surface area contributed by atoms with Crippen molar-refractivity contribution in [2.24, 2.45) is 0 Å². The highest BCUT2D eigenvalue weighted by atomic mass is 32.2. The lowest BCUT2D eigenvalue weighted by Crippen LogP contribution is -2.35. The largest absolute Gasteiger partial charge is 0.333 e. The van der Waals surface area contributed by atoms with Gasteiger partial charge in [-0.3, -0.25) is 4.79 Å². The van der Waals surface area contributed by atoms with E-state index >= 15 is 0 Å². The summed E-state index contributed by atoms with van der Waals surface area (Å²) < 4.78 is 22.4. The van der Waals surface area contributed by atoms with Crippen molar-refractivity contribution >= 4 is 27.1 Å². The fourth-order valence-electron chi connectivity index (χ4n) is 2.21. The summed E-state index contributed by atoms with van der Waals surface area (Å²) in [6, 6.07) is -0.0517. The third kappa shape index (κ3) is 3.08. The van der Waals surface area contributed by atoms with Crippen LogP contribution in [0.1, 0.15) is 29.6 Å². The molecule has 1 saturated heterocycles. The topological polar surface area (TPSA) is 67.3 Å². The third-order valence-electron chi connectivity index (χ3n) is 2.94. The Morgan fingerprint density at radius 2 is 2.33 bits per heavy atom. The first kappa shape index (κ1) is 13.5. The SMILES string of the molecule is Cc1nc([C@H]2CCCN2C(=O)CS(C)(=O)=O)cs1. The number of nitrogens with zero attached hydrogens (tertiary/aromatic N) is 2. The number of sulfone groups is 1. The zero-order valence-corrected chi connectivity index (χ0v) is 12.1. The molecule has 2 heterocycles. The van der Waals surface area contributed by atoms with E-state index in [1.54, 1.807) is 16.2 Å². The standard InChI is InChI=1S/C11H16N2O3S2/c1-8-12-9(6-17-8)10-4-3-5-13(10)11(14)7-18(2,15)16/h6,10H,3-5,7H2,1-2H3/t10-/m1/s1. The average Bonchev–Trinajstić information content (AvgIpc) is 2.81. The molecule has 0 aliphatic carbocycles. The Bertz CT molecular complexity index is 550. The van der Waals surface area contributed by atoms with Crippen LogP contribution in [0.3, 0.4) is 0 Å². The molecular formula is C11H16N2O3S2. The molecule has 1 amide bonds. The maximum absolute atomic E-state index is 12.0. The molecule has 1 aliphatic heterocycles. The Morgan fingerprint density at radius 1 is 1.61 bits per heavy atom. The van der Waals surface area contributed by atoms with Crippen LogP contribution in [0.15, 0.2) is 5.38 Å².